The molecule has 4 heteroatoms. The normalized spacial score (nSPS) is 28.1. The van der Waals surface area contributed by atoms with E-state index < -0.39 is 0 Å². The average molecular weight is 249 g/mol. The maximum absolute atomic E-state index is 11.5. The second-order valence-corrected chi connectivity index (χ2v) is 5.45. The van der Waals surface area contributed by atoms with Crippen molar-refractivity contribution in [3.05, 3.63) is 22.2 Å². The number of H-pyrrole nitrogens is 1. The largest absolute Gasteiger partial charge is 0.367 e. The molecule has 0 aromatic carbocycles. The van der Waals surface area contributed by atoms with Crippen molar-refractivity contribution >= 4 is 5.82 Å². The number of aromatic nitrogens is 2. The summed E-state index contributed by atoms with van der Waals surface area (Å²) >= 11 is 0. The second kappa shape index (κ2) is 5.55. The van der Waals surface area contributed by atoms with E-state index in [1.165, 1.54) is 19.3 Å². The molecule has 1 aromatic rings. The first-order valence-corrected chi connectivity index (χ1v) is 6.97. The Morgan fingerprint density at radius 1 is 1.44 bits per heavy atom. The van der Waals surface area contributed by atoms with Gasteiger partial charge in [-0.1, -0.05) is 33.6 Å². The van der Waals surface area contributed by atoms with Crippen LogP contribution in [-0.4, -0.2) is 16.0 Å². The molecule has 0 bridgehead atoms. The molecule has 1 aromatic heterocycles. The van der Waals surface area contributed by atoms with Crippen LogP contribution < -0.4 is 10.9 Å². The van der Waals surface area contributed by atoms with Crippen molar-refractivity contribution in [1.82, 2.24) is 9.97 Å². The molecule has 1 fully saturated rings. The Morgan fingerprint density at radius 2 is 2.22 bits per heavy atom. The smallest absolute Gasteiger partial charge is 0.252 e. The van der Waals surface area contributed by atoms with Gasteiger partial charge in [0.05, 0.1) is 0 Å². The summed E-state index contributed by atoms with van der Waals surface area (Å²) < 4.78 is 0. The molecule has 1 aliphatic carbocycles. The maximum atomic E-state index is 11.5. The van der Waals surface area contributed by atoms with Gasteiger partial charge in [-0.25, -0.2) is 4.98 Å². The van der Waals surface area contributed by atoms with Gasteiger partial charge in [0.1, 0.15) is 11.6 Å². The highest BCUT2D eigenvalue weighted by Crippen LogP contribution is 2.31. The van der Waals surface area contributed by atoms with E-state index in [9.17, 15) is 4.79 Å². The Bertz CT molecular complexity index is 455. The minimum Gasteiger partial charge on any atom is -0.367 e. The van der Waals surface area contributed by atoms with Gasteiger partial charge in [0.25, 0.3) is 5.56 Å². The molecule has 2 N–H and O–H groups in total. The molecule has 3 atom stereocenters. The van der Waals surface area contributed by atoms with Crippen LogP contribution in [0.25, 0.3) is 0 Å². The molecule has 1 heterocycles. The van der Waals surface area contributed by atoms with Crippen LogP contribution in [0.2, 0.25) is 0 Å². The summed E-state index contributed by atoms with van der Waals surface area (Å²) in [6.07, 6.45) is 4.48. The Morgan fingerprint density at radius 3 is 2.94 bits per heavy atom. The van der Waals surface area contributed by atoms with Crippen molar-refractivity contribution in [3.63, 3.8) is 0 Å². The van der Waals surface area contributed by atoms with Gasteiger partial charge in [-0.2, -0.15) is 0 Å². The molecule has 0 saturated heterocycles. The number of rotatable bonds is 3. The summed E-state index contributed by atoms with van der Waals surface area (Å²) in [7, 11) is 0. The highest BCUT2D eigenvalue weighted by molar-refractivity contribution is 5.34. The fourth-order valence-electron chi connectivity index (χ4n) is 2.73. The van der Waals surface area contributed by atoms with Crippen LogP contribution in [-0.2, 0) is 6.42 Å². The number of aryl methyl sites for hydroxylation is 1. The molecule has 2 rings (SSSR count). The number of anilines is 1. The van der Waals surface area contributed by atoms with Gasteiger partial charge < -0.3 is 10.3 Å². The summed E-state index contributed by atoms with van der Waals surface area (Å²) in [6, 6.07) is 2.00. The highest BCUT2D eigenvalue weighted by atomic mass is 16.1. The second-order valence-electron chi connectivity index (χ2n) is 5.45. The van der Waals surface area contributed by atoms with Crippen LogP contribution in [0, 0.1) is 11.8 Å². The lowest BCUT2D eigenvalue weighted by Gasteiger charge is -2.34. The third-order valence-corrected chi connectivity index (χ3v) is 4.17. The zero-order valence-electron chi connectivity index (χ0n) is 11.5. The lowest BCUT2D eigenvalue weighted by atomic mass is 9.78. The number of hydrogen-bond acceptors (Lipinski definition) is 3. The quantitative estimate of drug-likeness (QED) is 0.865. The van der Waals surface area contributed by atoms with E-state index in [1.54, 1.807) is 6.07 Å². The summed E-state index contributed by atoms with van der Waals surface area (Å²) in [5.41, 5.74) is -0.0686. The Balaban J connectivity index is 2.13. The molecule has 100 valence electrons. The van der Waals surface area contributed by atoms with Crippen molar-refractivity contribution in [3.8, 4) is 0 Å². The predicted octanol–water partition coefficient (Wildman–Crippen LogP) is 2.57. The number of nitrogens with one attached hydrogen (secondary N) is 2. The van der Waals surface area contributed by atoms with Crippen LogP contribution in [0.5, 0.6) is 0 Å². The molecule has 0 spiro atoms. The molecular weight excluding hydrogens is 226 g/mol. The molecular formula is C14H23N3O. The summed E-state index contributed by atoms with van der Waals surface area (Å²) in [5.74, 6) is 2.84. The monoisotopic (exact) mass is 249 g/mol. The van der Waals surface area contributed by atoms with Gasteiger partial charge in [-0.05, 0) is 18.3 Å². The van der Waals surface area contributed by atoms with Gasteiger partial charge in [0, 0.05) is 18.5 Å². The van der Waals surface area contributed by atoms with Crippen molar-refractivity contribution in [2.24, 2.45) is 11.8 Å². The van der Waals surface area contributed by atoms with Crippen molar-refractivity contribution in [2.45, 2.75) is 52.5 Å². The SMILES string of the molecule is CCc1nc(NC2CCCC(C)C2C)cc(=O)[nH]1. The number of hydrogen-bond donors (Lipinski definition) is 2. The van der Waals surface area contributed by atoms with E-state index in [0.717, 1.165) is 24.0 Å². The zero-order chi connectivity index (χ0) is 13.1. The molecule has 1 aliphatic rings. The Labute approximate surface area is 108 Å². The minimum absolute atomic E-state index is 0.0686. The van der Waals surface area contributed by atoms with Gasteiger partial charge in [0.2, 0.25) is 0 Å². The molecule has 0 amide bonds. The first-order chi connectivity index (χ1) is 8.60. The molecule has 3 unspecified atom stereocenters. The van der Waals surface area contributed by atoms with E-state index in [4.69, 9.17) is 0 Å². The van der Waals surface area contributed by atoms with Crippen LogP contribution in [0.3, 0.4) is 0 Å². The van der Waals surface area contributed by atoms with Crippen LogP contribution in [0.4, 0.5) is 5.82 Å². The molecule has 0 aliphatic heterocycles. The van der Waals surface area contributed by atoms with Crippen LogP contribution in [0.1, 0.15) is 45.9 Å². The first-order valence-electron chi connectivity index (χ1n) is 6.97. The summed E-state index contributed by atoms with van der Waals surface area (Å²) in [4.78, 5) is 18.7. The summed E-state index contributed by atoms with van der Waals surface area (Å²) in [5, 5.41) is 3.45. The number of nitrogens with zero attached hydrogens (tertiary/aromatic N) is 1. The van der Waals surface area contributed by atoms with E-state index in [2.05, 4.69) is 29.1 Å². The average Bonchev–Trinajstić information content (AvgIpc) is 2.34. The highest BCUT2D eigenvalue weighted by Gasteiger charge is 2.27. The fraction of sp³-hybridized carbons (Fsp3) is 0.714. The number of aromatic amines is 1. The van der Waals surface area contributed by atoms with Gasteiger partial charge in [-0.15, -0.1) is 0 Å². The third kappa shape index (κ3) is 2.92. The van der Waals surface area contributed by atoms with Gasteiger partial charge in [-0.3, -0.25) is 4.79 Å². The third-order valence-electron chi connectivity index (χ3n) is 4.17. The van der Waals surface area contributed by atoms with E-state index in [0.29, 0.717) is 12.0 Å². The summed E-state index contributed by atoms with van der Waals surface area (Å²) in [6.45, 7) is 6.59. The zero-order valence-corrected chi connectivity index (χ0v) is 11.5. The lowest BCUT2D eigenvalue weighted by Crippen LogP contribution is -2.35. The molecule has 1 saturated carbocycles. The minimum atomic E-state index is -0.0686. The Hall–Kier alpha value is -1.32. The maximum Gasteiger partial charge on any atom is 0.252 e. The Kier molecular flexibility index (Phi) is 4.04. The fourth-order valence-corrected chi connectivity index (χ4v) is 2.73. The standard InChI is InChI=1S/C14H23N3O/c1-4-12-16-13(8-14(18)17-12)15-11-7-5-6-9(2)10(11)3/h8-11H,4-7H2,1-3H3,(H2,15,16,17,18). The first kappa shape index (κ1) is 13.1. The molecule has 4 nitrogen and oxygen atoms in total. The topological polar surface area (TPSA) is 57.8 Å². The van der Waals surface area contributed by atoms with Crippen LogP contribution >= 0.6 is 0 Å². The van der Waals surface area contributed by atoms with Crippen molar-refractivity contribution in [2.75, 3.05) is 5.32 Å². The lowest BCUT2D eigenvalue weighted by molar-refractivity contribution is 0.253. The van der Waals surface area contributed by atoms with Gasteiger partial charge >= 0.3 is 0 Å². The van der Waals surface area contributed by atoms with E-state index in [-0.39, 0.29) is 5.56 Å². The van der Waals surface area contributed by atoms with Crippen molar-refractivity contribution in [1.29, 1.82) is 0 Å². The van der Waals surface area contributed by atoms with Gasteiger partial charge in [0.15, 0.2) is 0 Å². The molecule has 18 heavy (non-hydrogen) atoms. The van der Waals surface area contributed by atoms with E-state index >= 15 is 0 Å². The van der Waals surface area contributed by atoms with Crippen molar-refractivity contribution < 1.29 is 0 Å². The molecule has 0 radical (unpaired) electrons. The van der Waals surface area contributed by atoms with E-state index in [1.807, 2.05) is 6.92 Å². The predicted molar refractivity (Wildman–Crippen MR) is 73.8 cm³/mol. The van der Waals surface area contributed by atoms with Crippen LogP contribution in [0.15, 0.2) is 10.9 Å².